The van der Waals surface area contributed by atoms with E-state index in [9.17, 15) is 15.3 Å². The van der Waals surface area contributed by atoms with Crippen molar-refractivity contribution in [2.24, 2.45) is 33.8 Å². The summed E-state index contributed by atoms with van der Waals surface area (Å²) in [4.78, 5) is 10.5. The predicted molar refractivity (Wildman–Crippen MR) is 64.4 cm³/mol. The Morgan fingerprint density at radius 3 is 2.42 bits per heavy atom. The second-order valence-electron chi connectivity index (χ2n) is 4.02. The first-order valence-corrected chi connectivity index (χ1v) is 5.24. The maximum absolute atomic E-state index is 10.5. The number of amides is 2. The minimum atomic E-state index is -1.55. The highest BCUT2D eigenvalue weighted by Gasteiger charge is 2.53. The lowest BCUT2D eigenvalue weighted by Crippen LogP contribution is -2.30. The number of nitrogens with one attached hydrogen (secondary N) is 1. The molecule has 2 amide bonds. The molecule has 0 saturated carbocycles. The topological polar surface area (TPSA) is 165 Å². The van der Waals surface area contributed by atoms with E-state index in [0.717, 1.165) is 0 Å². The molecule has 8 heteroatoms. The number of nitrogens with two attached hydrogens (primary N) is 2. The van der Waals surface area contributed by atoms with E-state index < -0.39 is 23.3 Å². The van der Waals surface area contributed by atoms with Gasteiger partial charge in [-0.3, -0.25) is 0 Å². The van der Waals surface area contributed by atoms with E-state index in [1.807, 2.05) is 23.6 Å². The number of carbonyl (C=O) groups excluding carboxylic acids is 1. The SMILES string of the molecule is CC1C(C=NNC(N)=O)=C(N)C(C#N)C1(C#N)C#N. The van der Waals surface area contributed by atoms with Gasteiger partial charge in [0.25, 0.3) is 0 Å². The minimum absolute atomic E-state index is 0.105. The number of carbonyl (C=O) groups is 1. The highest BCUT2D eigenvalue weighted by atomic mass is 16.2. The average Bonchev–Trinajstić information content (AvgIpc) is 2.58. The lowest BCUT2D eigenvalue weighted by atomic mass is 9.73. The monoisotopic (exact) mass is 257 g/mol. The molecule has 96 valence electrons. The molecule has 0 heterocycles. The number of nitriles is 3. The summed E-state index contributed by atoms with van der Waals surface area (Å²) in [5.41, 5.74) is 11.5. The first kappa shape index (κ1) is 14.0. The standard InChI is InChI=1S/C11H11N7O/c1-6-7(3-17-18-10(16)19)9(15)8(2-12)11(6,4-13)5-14/h3,6,8H,15H2,1H3,(H3,16,18,19). The molecule has 2 unspecified atom stereocenters. The number of hydrogen-bond acceptors (Lipinski definition) is 6. The molecule has 19 heavy (non-hydrogen) atoms. The fourth-order valence-corrected chi connectivity index (χ4v) is 2.03. The summed E-state index contributed by atoms with van der Waals surface area (Å²) in [6, 6.07) is 4.72. The molecule has 1 rings (SSSR count). The maximum atomic E-state index is 10.5. The van der Waals surface area contributed by atoms with Gasteiger partial charge in [0.2, 0.25) is 0 Å². The van der Waals surface area contributed by atoms with Crippen molar-refractivity contribution in [3.63, 3.8) is 0 Å². The van der Waals surface area contributed by atoms with Crippen LogP contribution in [0.25, 0.3) is 0 Å². The Bertz CT molecular complexity index is 570. The van der Waals surface area contributed by atoms with Crippen molar-refractivity contribution in [1.82, 2.24) is 5.43 Å². The molecule has 0 spiro atoms. The number of hydrogen-bond donors (Lipinski definition) is 3. The second-order valence-corrected chi connectivity index (χ2v) is 4.02. The lowest BCUT2D eigenvalue weighted by Gasteiger charge is -2.21. The lowest BCUT2D eigenvalue weighted by molar-refractivity contribution is 0.249. The van der Waals surface area contributed by atoms with Gasteiger partial charge in [-0.1, -0.05) is 6.92 Å². The van der Waals surface area contributed by atoms with Crippen molar-refractivity contribution in [2.45, 2.75) is 6.92 Å². The normalized spacial score (nSPS) is 24.5. The van der Waals surface area contributed by atoms with E-state index in [2.05, 4.69) is 5.10 Å². The van der Waals surface area contributed by atoms with E-state index in [4.69, 9.17) is 16.7 Å². The second kappa shape index (κ2) is 5.07. The summed E-state index contributed by atoms with van der Waals surface area (Å²) < 4.78 is 0. The van der Waals surface area contributed by atoms with Crippen molar-refractivity contribution < 1.29 is 4.79 Å². The number of hydrazone groups is 1. The quantitative estimate of drug-likeness (QED) is 0.454. The fraction of sp³-hybridized carbons (Fsp3) is 0.364. The Balaban J connectivity index is 3.21. The van der Waals surface area contributed by atoms with Crippen molar-refractivity contribution >= 4 is 12.2 Å². The molecule has 1 aliphatic carbocycles. The number of rotatable bonds is 2. The molecule has 0 fully saturated rings. The predicted octanol–water partition coefficient (Wildman–Crippen LogP) is -0.324. The van der Waals surface area contributed by atoms with Crippen LogP contribution in [0.5, 0.6) is 0 Å². The van der Waals surface area contributed by atoms with Crippen molar-refractivity contribution in [2.75, 3.05) is 0 Å². The molecule has 5 N–H and O–H groups in total. The molecule has 0 saturated heterocycles. The Morgan fingerprint density at radius 1 is 1.47 bits per heavy atom. The maximum Gasteiger partial charge on any atom is 0.332 e. The number of primary amides is 1. The third-order valence-corrected chi connectivity index (χ3v) is 3.13. The first-order chi connectivity index (χ1) is 8.94. The molecule has 0 aliphatic heterocycles. The smallest absolute Gasteiger partial charge is 0.332 e. The molecule has 0 radical (unpaired) electrons. The zero-order chi connectivity index (χ0) is 14.6. The third-order valence-electron chi connectivity index (χ3n) is 3.13. The van der Waals surface area contributed by atoms with Crippen LogP contribution in [0.4, 0.5) is 4.79 Å². The van der Waals surface area contributed by atoms with Crippen LogP contribution in [0.15, 0.2) is 16.4 Å². The van der Waals surface area contributed by atoms with Crippen LogP contribution < -0.4 is 16.9 Å². The molecular weight excluding hydrogens is 246 g/mol. The summed E-state index contributed by atoms with van der Waals surface area (Å²) in [5.74, 6) is -1.64. The molecule has 0 aromatic carbocycles. The van der Waals surface area contributed by atoms with Crippen LogP contribution in [-0.2, 0) is 0 Å². The first-order valence-electron chi connectivity index (χ1n) is 5.24. The van der Waals surface area contributed by atoms with Gasteiger partial charge in [0.05, 0.1) is 24.4 Å². The van der Waals surface area contributed by atoms with Crippen molar-refractivity contribution in [1.29, 1.82) is 15.8 Å². The van der Waals surface area contributed by atoms with E-state index in [-0.39, 0.29) is 5.70 Å². The molecule has 8 nitrogen and oxygen atoms in total. The van der Waals surface area contributed by atoms with Crippen LogP contribution in [0.3, 0.4) is 0 Å². The van der Waals surface area contributed by atoms with Crippen LogP contribution in [0.2, 0.25) is 0 Å². The molecule has 0 aromatic heterocycles. The van der Waals surface area contributed by atoms with Crippen molar-refractivity contribution in [3.05, 3.63) is 11.3 Å². The Morgan fingerprint density at radius 2 is 2.05 bits per heavy atom. The highest BCUT2D eigenvalue weighted by Crippen LogP contribution is 2.47. The third kappa shape index (κ3) is 2.05. The zero-order valence-electron chi connectivity index (χ0n) is 10.1. The van der Waals surface area contributed by atoms with Gasteiger partial charge in [0, 0.05) is 11.6 Å². The van der Waals surface area contributed by atoms with E-state index in [1.54, 1.807) is 6.92 Å². The Kier molecular flexibility index (Phi) is 3.74. The molecule has 0 bridgehead atoms. The summed E-state index contributed by atoms with van der Waals surface area (Å²) in [7, 11) is 0. The Hall–Kier alpha value is -3.05. The van der Waals surface area contributed by atoms with E-state index in [0.29, 0.717) is 5.57 Å². The number of nitrogens with zero attached hydrogens (tertiary/aromatic N) is 4. The van der Waals surface area contributed by atoms with E-state index >= 15 is 0 Å². The van der Waals surface area contributed by atoms with Crippen molar-refractivity contribution in [3.8, 4) is 18.2 Å². The summed E-state index contributed by atoms with van der Waals surface area (Å²) >= 11 is 0. The molecule has 2 atom stereocenters. The molecular formula is C11H11N7O. The van der Waals surface area contributed by atoms with Gasteiger partial charge in [-0.25, -0.2) is 10.2 Å². The molecule has 0 aromatic rings. The fourth-order valence-electron chi connectivity index (χ4n) is 2.03. The molecule has 1 aliphatic rings. The largest absolute Gasteiger partial charge is 0.401 e. The van der Waals surface area contributed by atoms with Crippen LogP contribution >= 0.6 is 0 Å². The van der Waals surface area contributed by atoms with Gasteiger partial charge in [0.1, 0.15) is 5.92 Å². The van der Waals surface area contributed by atoms with Gasteiger partial charge < -0.3 is 11.5 Å². The van der Waals surface area contributed by atoms with Crippen LogP contribution in [0, 0.1) is 51.2 Å². The average molecular weight is 257 g/mol. The van der Waals surface area contributed by atoms with Gasteiger partial charge in [-0.2, -0.15) is 20.9 Å². The van der Waals surface area contributed by atoms with Gasteiger partial charge in [0.15, 0.2) is 5.41 Å². The Labute approximate surface area is 109 Å². The van der Waals surface area contributed by atoms with Gasteiger partial charge in [-0.15, -0.1) is 0 Å². The minimum Gasteiger partial charge on any atom is -0.401 e. The summed E-state index contributed by atoms with van der Waals surface area (Å²) in [6.07, 6.45) is 1.20. The zero-order valence-corrected chi connectivity index (χ0v) is 10.1. The summed E-state index contributed by atoms with van der Waals surface area (Å²) in [5, 5.41) is 31.0. The van der Waals surface area contributed by atoms with E-state index in [1.165, 1.54) is 6.21 Å². The van der Waals surface area contributed by atoms with Crippen LogP contribution in [-0.4, -0.2) is 12.2 Å². The summed E-state index contributed by atoms with van der Waals surface area (Å²) in [6.45, 7) is 1.60. The highest BCUT2D eigenvalue weighted by molar-refractivity contribution is 5.84. The van der Waals surface area contributed by atoms with Crippen LogP contribution in [0.1, 0.15) is 6.92 Å². The number of allylic oxidation sites excluding steroid dienone is 2. The van der Waals surface area contributed by atoms with Gasteiger partial charge in [-0.05, 0) is 5.57 Å². The number of urea groups is 1. The van der Waals surface area contributed by atoms with Gasteiger partial charge >= 0.3 is 6.03 Å².